The van der Waals surface area contributed by atoms with Gasteiger partial charge in [-0.2, -0.15) is 0 Å². The zero-order chi connectivity index (χ0) is 21.3. The highest BCUT2D eigenvalue weighted by molar-refractivity contribution is 6.04. The summed E-state index contributed by atoms with van der Waals surface area (Å²) in [5, 5.41) is 2.94. The van der Waals surface area contributed by atoms with Gasteiger partial charge in [-0.15, -0.1) is 0 Å². The molecule has 1 fully saturated rings. The highest BCUT2D eigenvalue weighted by Gasteiger charge is 2.11. The summed E-state index contributed by atoms with van der Waals surface area (Å²) in [5.74, 6) is 0.239. The van der Waals surface area contributed by atoms with Gasteiger partial charge in [0, 0.05) is 43.1 Å². The fraction of sp³-hybridized carbons (Fsp3) is 0.280. The number of rotatable bonds is 8. The minimum Gasteiger partial charge on any atom is -0.473 e. The van der Waals surface area contributed by atoms with E-state index >= 15 is 0 Å². The van der Waals surface area contributed by atoms with Crippen molar-refractivity contribution in [2.24, 2.45) is 0 Å². The molecule has 1 aromatic heterocycles. The summed E-state index contributed by atoms with van der Waals surface area (Å²) in [5.41, 5.74) is 3.58. The Balaban J connectivity index is 1.29. The number of benzene rings is 2. The molecule has 2 aromatic carbocycles. The number of morpholine rings is 1. The summed E-state index contributed by atoms with van der Waals surface area (Å²) in [7, 11) is 0. The van der Waals surface area contributed by atoms with Crippen molar-refractivity contribution in [3.8, 4) is 5.88 Å². The van der Waals surface area contributed by atoms with Crippen LogP contribution in [-0.4, -0.2) is 48.6 Å². The quantitative estimate of drug-likeness (QED) is 0.604. The van der Waals surface area contributed by atoms with Crippen molar-refractivity contribution in [2.45, 2.75) is 13.0 Å². The van der Waals surface area contributed by atoms with E-state index in [0.29, 0.717) is 18.1 Å². The topological polar surface area (TPSA) is 63.7 Å². The highest BCUT2D eigenvalue weighted by atomic mass is 16.5. The van der Waals surface area contributed by atoms with Crippen LogP contribution < -0.4 is 10.1 Å². The van der Waals surface area contributed by atoms with E-state index in [2.05, 4.69) is 27.3 Å². The summed E-state index contributed by atoms with van der Waals surface area (Å²) in [4.78, 5) is 19.3. The fourth-order valence-electron chi connectivity index (χ4n) is 3.43. The van der Waals surface area contributed by atoms with E-state index in [0.717, 1.165) is 50.5 Å². The molecule has 2 heterocycles. The number of aromatic nitrogens is 1. The van der Waals surface area contributed by atoms with E-state index in [1.165, 1.54) is 5.56 Å². The van der Waals surface area contributed by atoms with Crippen LogP contribution in [0, 0.1) is 0 Å². The molecule has 1 N–H and O–H groups in total. The van der Waals surface area contributed by atoms with E-state index in [-0.39, 0.29) is 5.91 Å². The smallest absolute Gasteiger partial charge is 0.255 e. The molecule has 6 heteroatoms. The molecule has 0 atom stereocenters. The zero-order valence-electron chi connectivity index (χ0n) is 17.5. The van der Waals surface area contributed by atoms with Crippen molar-refractivity contribution in [1.82, 2.24) is 9.88 Å². The van der Waals surface area contributed by atoms with Gasteiger partial charge in [0.25, 0.3) is 5.91 Å². The van der Waals surface area contributed by atoms with E-state index in [9.17, 15) is 4.79 Å². The van der Waals surface area contributed by atoms with Gasteiger partial charge in [-0.25, -0.2) is 4.98 Å². The van der Waals surface area contributed by atoms with Crippen molar-refractivity contribution in [1.29, 1.82) is 0 Å². The van der Waals surface area contributed by atoms with Gasteiger partial charge < -0.3 is 14.8 Å². The molecule has 0 unspecified atom stereocenters. The van der Waals surface area contributed by atoms with Crippen LogP contribution in [0.1, 0.15) is 21.5 Å². The summed E-state index contributed by atoms with van der Waals surface area (Å²) in [6.45, 7) is 5.06. The second-order valence-electron chi connectivity index (χ2n) is 7.51. The molecule has 0 aliphatic carbocycles. The predicted molar refractivity (Wildman–Crippen MR) is 120 cm³/mol. The SMILES string of the molecule is O=C(Nc1ccc(CCN2CCOCC2)cc1)c1ccnc(OCc2ccccc2)c1. The van der Waals surface area contributed by atoms with Crippen LogP contribution in [0.15, 0.2) is 72.9 Å². The monoisotopic (exact) mass is 417 g/mol. The standard InChI is InChI=1S/C25H27N3O3/c29-25(22-10-12-26-24(18-22)31-19-21-4-2-1-3-5-21)27-23-8-6-20(7-9-23)11-13-28-14-16-30-17-15-28/h1-10,12,18H,11,13-17,19H2,(H,27,29). The van der Waals surface area contributed by atoms with Gasteiger partial charge in [0.15, 0.2) is 0 Å². The van der Waals surface area contributed by atoms with Crippen LogP contribution in [0.4, 0.5) is 5.69 Å². The van der Waals surface area contributed by atoms with Gasteiger partial charge >= 0.3 is 0 Å². The van der Waals surface area contributed by atoms with Gasteiger partial charge in [-0.1, -0.05) is 42.5 Å². The molecule has 0 radical (unpaired) electrons. The first-order valence-electron chi connectivity index (χ1n) is 10.6. The van der Waals surface area contributed by atoms with Crippen LogP contribution in [0.2, 0.25) is 0 Å². The highest BCUT2D eigenvalue weighted by Crippen LogP contribution is 2.15. The first-order chi connectivity index (χ1) is 15.3. The molecular formula is C25H27N3O3. The number of ether oxygens (including phenoxy) is 2. The Morgan fingerprint density at radius 1 is 1.00 bits per heavy atom. The maximum atomic E-state index is 12.6. The molecule has 1 amide bonds. The third kappa shape index (κ3) is 6.38. The maximum Gasteiger partial charge on any atom is 0.255 e. The lowest BCUT2D eigenvalue weighted by Gasteiger charge is -2.26. The van der Waals surface area contributed by atoms with Crippen LogP contribution in [0.5, 0.6) is 5.88 Å². The molecule has 1 saturated heterocycles. The van der Waals surface area contributed by atoms with E-state index in [4.69, 9.17) is 9.47 Å². The lowest BCUT2D eigenvalue weighted by molar-refractivity contribution is 0.0384. The van der Waals surface area contributed by atoms with Gasteiger partial charge in [-0.3, -0.25) is 9.69 Å². The molecule has 160 valence electrons. The second kappa shape index (κ2) is 10.7. The Bertz CT molecular complexity index is 971. The first-order valence-corrected chi connectivity index (χ1v) is 10.6. The minimum atomic E-state index is -0.187. The number of anilines is 1. The molecule has 0 bridgehead atoms. The van der Waals surface area contributed by atoms with Gasteiger partial charge in [0.2, 0.25) is 5.88 Å². The first kappa shape index (κ1) is 21.0. The Morgan fingerprint density at radius 2 is 1.77 bits per heavy atom. The van der Waals surface area contributed by atoms with Crippen LogP contribution in [0.25, 0.3) is 0 Å². The number of carbonyl (C=O) groups excluding carboxylic acids is 1. The number of hydrogen-bond donors (Lipinski definition) is 1. The maximum absolute atomic E-state index is 12.6. The lowest BCUT2D eigenvalue weighted by atomic mass is 10.1. The van der Waals surface area contributed by atoms with Gasteiger partial charge in [0.05, 0.1) is 13.2 Å². The average molecular weight is 418 g/mol. The number of nitrogens with zero attached hydrogens (tertiary/aromatic N) is 2. The normalized spacial score (nSPS) is 14.2. The Kier molecular flexibility index (Phi) is 7.26. The van der Waals surface area contributed by atoms with E-state index < -0.39 is 0 Å². The third-order valence-electron chi connectivity index (χ3n) is 5.26. The minimum absolute atomic E-state index is 0.187. The molecule has 1 aliphatic heterocycles. The molecule has 1 aliphatic rings. The molecule has 4 rings (SSSR count). The van der Waals surface area contributed by atoms with Crippen molar-refractivity contribution in [2.75, 3.05) is 38.2 Å². The van der Waals surface area contributed by atoms with Crippen molar-refractivity contribution >= 4 is 11.6 Å². The largest absolute Gasteiger partial charge is 0.473 e. The second-order valence-corrected chi connectivity index (χ2v) is 7.51. The summed E-state index contributed by atoms with van der Waals surface area (Å²) in [6, 6.07) is 21.2. The summed E-state index contributed by atoms with van der Waals surface area (Å²) >= 11 is 0. The predicted octanol–water partition coefficient (Wildman–Crippen LogP) is 3.79. The van der Waals surface area contributed by atoms with E-state index in [1.54, 1.807) is 18.3 Å². The number of nitrogens with one attached hydrogen (secondary N) is 1. The van der Waals surface area contributed by atoms with Crippen molar-refractivity contribution in [3.63, 3.8) is 0 Å². The Labute approximate surface area is 182 Å². The van der Waals surface area contributed by atoms with Crippen molar-refractivity contribution in [3.05, 3.63) is 89.6 Å². The van der Waals surface area contributed by atoms with E-state index in [1.807, 2.05) is 42.5 Å². The zero-order valence-corrected chi connectivity index (χ0v) is 17.5. The molecule has 0 saturated carbocycles. The molecule has 6 nitrogen and oxygen atoms in total. The van der Waals surface area contributed by atoms with Gasteiger partial charge in [-0.05, 0) is 35.7 Å². The van der Waals surface area contributed by atoms with Crippen LogP contribution >= 0.6 is 0 Å². The summed E-state index contributed by atoms with van der Waals surface area (Å²) in [6.07, 6.45) is 2.57. The molecule has 3 aromatic rings. The van der Waals surface area contributed by atoms with Crippen LogP contribution in [-0.2, 0) is 17.8 Å². The summed E-state index contributed by atoms with van der Waals surface area (Å²) < 4.78 is 11.1. The molecular weight excluding hydrogens is 390 g/mol. The number of carbonyl (C=O) groups is 1. The Morgan fingerprint density at radius 3 is 2.55 bits per heavy atom. The average Bonchev–Trinajstić information content (AvgIpc) is 2.84. The number of pyridine rings is 1. The fourth-order valence-corrected chi connectivity index (χ4v) is 3.43. The van der Waals surface area contributed by atoms with Crippen LogP contribution in [0.3, 0.4) is 0 Å². The molecule has 31 heavy (non-hydrogen) atoms. The Hall–Kier alpha value is -3.22. The lowest BCUT2D eigenvalue weighted by Crippen LogP contribution is -2.37. The number of amides is 1. The third-order valence-corrected chi connectivity index (χ3v) is 5.26. The van der Waals surface area contributed by atoms with Gasteiger partial charge in [0.1, 0.15) is 6.61 Å². The number of hydrogen-bond acceptors (Lipinski definition) is 5. The molecule has 0 spiro atoms. The van der Waals surface area contributed by atoms with Crippen molar-refractivity contribution < 1.29 is 14.3 Å².